The van der Waals surface area contributed by atoms with Crippen LogP contribution in [0.5, 0.6) is 0 Å². The third-order valence-corrected chi connectivity index (χ3v) is 10.2. The Kier molecular flexibility index (Phi) is 5.41. The molecule has 0 fully saturated rings. The third kappa shape index (κ3) is 3.69. The first kappa shape index (κ1) is 25.4. The second-order valence-electron chi connectivity index (χ2n) is 11.6. The summed E-state index contributed by atoms with van der Waals surface area (Å²) in [7, 11) is 0. The summed E-state index contributed by atoms with van der Waals surface area (Å²) < 4.78 is 4.81. The fourth-order valence-corrected chi connectivity index (χ4v) is 8.25. The molecule has 10 rings (SSSR count). The summed E-state index contributed by atoms with van der Waals surface area (Å²) in [5, 5.41) is 10.0. The second kappa shape index (κ2) is 9.80. The summed E-state index contributed by atoms with van der Waals surface area (Å²) >= 11 is 1.87. The van der Waals surface area contributed by atoms with Crippen LogP contribution in [0.1, 0.15) is 0 Å². The van der Waals surface area contributed by atoms with E-state index in [2.05, 4.69) is 114 Å². The molecule has 10 aromatic rings. The molecule has 4 nitrogen and oxygen atoms in total. The van der Waals surface area contributed by atoms with Crippen molar-refractivity contribution in [1.82, 2.24) is 19.5 Å². The highest BCUT2D eigenvalue weighted by atomic mass is 32.1. The van der Waals surface area contributed by atoms with Crippen molar-refractivity contribution in [3.8, 4) is 28.7 Å². The zero-order chi connectivity index (χ0) is 30.2. The first-order chi connectivity index (χ1) is 22.8. The maximum Gasteiger partial charge on any atom is 0.238 e. The Balaban J connectivity index is 1.38. The standard InChI is InChI=1S/C41H24N4S/c1-3-13-27(14-4-1)39-42-40(28-15-5-2-6-16-28)44-41(43-39)45-32-22-19-25-11-8-10-18-30(25)36(32)37-33(45)23-21-31-35-29-17-9-7-12-26(29)20-24-34(35)46-38(31)37/h1-24H. The number of hydrogen-bond donors (Lipinski definition) is 0. The monoisotopic (exact) mass is 604 g/mol. The number of benzene rings is 7. The SMILES string of the molecule is c1ccc(-c2nc(-c3ccccc3)nc(-n3c4ccc5ccccc5c4c4c5sc6ccc7ccccc7c6c5ccc43)n2)cc1. The van der Waals surface area contributed by atoms with Crippen LogP contribution >= 0.6 is 11.3 Å². The lowest BCUT2D eigenvalue weighted by molar-refractivity contribution is 0.954. The van der Waals surface area contributed by atoms with E-state index < -0.39 is 0 Å². The smallest absolute Gasteiger partial charge is 0.238 e. The molecule has 0 unspecified atom stereocenters. The van der Waals surface area contributed by atoms with Crippen LogP contribution in [0.3, 0.4) is 0 Å². The lowest BCUT2D eigenvalue weighted by Crippen LogP contribution is -2.06. The number of hydrogen-bond acceptors (Lipinski definition) is 4. The van der Waals surface area contributed by atoms with Crippen LogP contribution in [0.25, 0.3) is 92.2 Å². The summed E-state index contributed by atoms with van der Waals surface area (Å²) in [6.07, 6.45) is 0. The summed E-state index contributed by atoms with van der Waals surface area (Å²) in [5.41, 5.74) is 4.06. The van der Waals surface area contributed by atoms with Gasteiger partial charge in [0.25, 0.3) is 0 Å². The van der Waals surface area contributed by atoms with Gasteiger partial charge in [0.1, 0.15) is 0 Å². The molecule has 5 heteroatoms. The molecule has 0 radical (unpaired) electrons. The normalized spacial score (nSPS) is 11.9. The van der Waals surface area contributed by atoms with Gasteiger partial charge < -0.3 is 0 Å². The van der Waals surface area contributed by atoms with Crippen molar-refractivity contribution in [2.45, 2.75) is 0 Å². The number of fused-ring (bicyclic) bond motifs is 11. The average Bonchev–Trinajstić information content (AvgIpc) is 3.68. The van der Waals surface area contributed by atoms with Crippen LogP contribution in [0.4, 0.5) is 0 Å². The molecular formula is C41H24N4S. The Morgan fingerprint density at radius 3 is 1.63 bits per heavy atom. The van der Waals surface area contributed by atoms with Crippen molar-refractivity contribution in [2.24, 2.45) is 0 Å². The molecule has 3 aromatic heterocycles. The molecular weight excluding hydrogens is 581 g/mol. The van der Waals surface area contributed by atoms with E-state index in [1.165, 1.54) is 52.5 Å². The van der Waals surface area contributed by atoms with Crippen molar-refractivity contribution in [3.05, 3.63) is 146 Å². The van der Waals surface area contributed by atoms with Gasteiger partial charge in [0.15, 0.2) is 11.6 Å². The molecule has 0 aliphatic carbocycles. The largest absolute Gasteiger partial charge is 0.278 e. The molecule has 0 aliphatic heterocycles. The average molecular weight is 605 g/mol. The quantitative estimate of drug-likeness (QED) is 0.201. The number of thiophene rings is 1. The Labute approximate surface area is 267 Å². The van der Waals surface area contributed by atoms with Crippen LogP contribution in [-0.2, 0) is 0 Å². The fraction of sp³-hybridized carbons (Fsp3) is 0. The molecule has 0 amide bonds. The summed E-state index contributed by atoms with van der Waals surface area (Å²) in [4.78, 5) is 15.3. The molecule has 0 atom stereocenters. The maximum atomic E-state index is 5.16. The van der Waals surface area contributed by atoms with E-state index in [0.717, 1.165) is 22.2 Å². The highest BCUT2D eigenvalue weighted by Crippen LogP contribution is 2.46. The van der Waals surface area contributed by atoms with Crippen molar-refractivity contribution in [1.29, 1.82) is 0 Å². The fourth-order valence-electron chi connectivity index (χ4n) is 6.98. The zero-order valence-electron chi connectivity index (χ0n) is 24.6. The predicted molar refractivity (Wildman–Crippen MR) is 193 cm³/mol. The maximum absolute atomic E-state index is 5.16. The van der Waals surface area contributed by atoms with Crippen molar-refractivity contribution in [2.75, 3.05) is 0 Å². The van der Waals surface area contributed by atoms with E-state index in [-0.39, 0.29) is 0 Å². The Bertz CT molecular complexity index is 2740. The minimum atomic E-state index is 0.605. The number of aromatic nitrogens is 4. The van der Waals surface area contributed by atoms with Crippen LogP contribution in [0.2, 0.25) is 0 Å². The second-order valence-corrected chi connectivity index (χ2v) is 12.7. The molecule has 0 bridgehead atoms. The number of nitrogens with zero attached hydrogens (tertiary/aromatic N) is 4. The molecule has 0 spiro atoms. The molecule has 46 heavy (non-hydrogen) atoms. The minimum Gasteiger partial charge on any atom is -0.278 e. The number of rotatable bonds is 3. The van der Waals surface area contributed by atoms with E-state index in [0.29, 0.717) is 17.6 Å². The first-order valence-corrected chi connectivity index (χ1v) is 16.2. The van der Waals surface area contributed by atoms with Gasteiger partial charge in [0.05, 0.1) is 11.0 Å². The van der Waals surface area contributed by atoms with E-state index in [9.17, 15) is 0 Å². The molecule has 0 aliphatic rings. The van der Waals surface area contributed by atoms with E-state index in [4.69, 9.17) is 15.0 Å². The van der Waals surface area contributed by atoms with E-state index >= 15 is 0 Å². The molecule has 0 N–H and O–H groups in total. The van der Waals surface area contributed by atoms with Crippen LogP contribution < -0.4 is 0 Å². The van der Waals surface area contributed by atoms with Gasteiger partial charge in [-0.3, -0.25) is 4.57 Å². The Hall–Kier alpha value is -5.91. The lowest BCUT2D eigenvalue weighted by atomic mass is 10.0. The van der Waals surface area contributed by atoms with Crippen molar-refractivity contribution in [3.63, 3.8) is 0 Å². The van der Waals surface area contributed by atoms with E-state index in [1.54, 1.807) is 0 Å². The van der Waals surface area contributed by atoms with Gasteiger partial charge in [-0.05, 0) is 39.7 Å². The summed E-state index contributed by atoms with van der Waals surface area (Å²) in [5.74, 6) is 1.90. The Morgan fingerprint density at radius 2 is 0.957 bits per heavy atom. The molecule has 3 heterocycles. The van der Waals surface area contributed by atoms with Gasteiger partial charge in [-0.1, -0.05) is 127 Å². The van der Waals surface area contributed by atoms with E-state index in [1.807, 2.05) is 47.7 Å². The topological polar surface area (TPSA) is 43.6 Å². The molecule has 7 aromatic carbocycles. The lowest BCUT2D eigenvalue weighted by Gasteiger charge is -2.11. The summed E-state index contributed by atoms with van der Waals surface area (Å²) in [6, 6.07) is 51.2. The van der Waals surface area contributed by atoms with Crippen molar-refractivity contribution < 1.29 is 0 Å². The van der Waals surface area contributed by atoms with Gasteiger partial charge >= 0.3 is 0 Å². The van der Waals surface area contributed by atoms with Gasteiger partial charge in [-0.2, -0.15) is 9.97 Å². The first-order valence-electron chi connectivity index (χ1n) is 15.4. The highest BCUT2D eigenvalue weighted by molar-refractivity contribution is 7.27. The molecule has 214 valence electrons. The third-order valence-electron chi connectivity index (χ3n) is 9.03. The van der Waals surface area contributed by atoms with Crippen LogP contribution in [-0.4, -0.2) is 19.5 Å². The molecule has 0 saturated carbocycles. The van der Waals surface area contributed by atoms with Crippen molar-refractivity contribution >= 4 is 74.9 Å². The highest BCUT2D eigenvalue weighted by Gasteiger charge is 2.22. The van der Waals surface area contributed by atoms with Crippen LogP contribution in [0, 0.1) is 0 Å². The minimum absolute atomic E-state index is 0.605. The zero-order valence-corrected chi connectivity index (χ0v) is 25.4. The van der Waals surface area contributed by atoms with Gasteiger partial charge in [-0.15, -0.1) is 11.3 Å². The molecule has 0 saturated heterocycles. The van der Waals surface area contributed by atoms with Crippen LogP contribution in [0.15, 0.2) is 146 Å². The van der Waals surface area contributed by atoms with Gasteiger partial charge in [0.2, 0.25) is 5.95 Å². The van der Waals surface area contributed by atoms with Gasteiger partial charge in [-0.25, -0.2) is 4.98 Å². The Morgan fingerprint density at radius 1 is 0.413 bits per heavy atom. The van der Waals surface area contributed by atoms with Gasteiger partial charge in [0, 0.05) is 42.1 Å². The predicted octanol–water partition coefficient (Wildman–Crippen LogP) is 11.0. The summed E-state index contributed by atoms with van der Waals surface area (Å²) in [6.45, 7) is 0.